The first-order valence-corrected chi connectivity index (χ1v) is 5.24. The molecule has 0 saturated heterocycles. The molecular weight excluding hydrogens is 214 g/mol. The first-order valence-electron chi connectivity index (χ1n) is 4.87. The lowest BCUT2D eigenvalue weighted by Crippen LogP contribution is -2.29. The van der Waals surface area contributed by atoms with Gasteiger partial charge in [0.1, 0.15) is 0 Å². The molecule has 0 radical (unpaired) electrons. The highest BCUT2D eigenvalue weighted by molar-refractivity contribution is 6.31. The van der Waals surface area contributed by atoms with Crippen molar-refractivity contribution < 1.29 is 9.90 Å². The molecule has 0 bridgehead atoms. The Bertz CT molecular complexity index is 341. The number of hydrogen-bond acceptors (Lipinski definition) is 2. The standard InChI is InChI=1S/C11H14ClNO2/c1-2-7-13-11(15)10(14)8-5-3-4-6-9(8)12/h3-6,10,14H,2,7H2,1H3,(H,13,15). The molecule has 0 heterocycles. The maximum absolute atomic E-state index is 11.4. The van der Waals surface area contributed by atoms with Gasteiger partial charge in [-0.1, -0.05) is 36.7 Å². The Balaban J connectivity index is 2.72. The van der Waals surface area contributed by atoms with E-state index in [1.54, 1.807) is 24.3 Å². The van der Waals surface area contributed by atoms with Crippen molar-refractivity contribution in [2.24, 2.45) is 0 Å². The highest BCUT2D eigenvalue weighted by atomic mass is 35.5. The fourth-order valence-corrected chi connectivity index (χ4v) is 1.42. The van der Waals surface area contributed by atoms with Gasteiger partial charge in [-0.3, -0.25) is 4.79 Å². The van der Waals surface area contributed by atoms with Crippen LogP contribution in [0.4, 0.5) is 0 Å². The van der Waals surface area contributed by atoms with Crippen LogP contribution in [0.15, 0.2) is 24.3 Å². The first-order chi connectivity index (χ1) is 7.16. The van der Waals surface area contributed by atoms with Crippen LogP contribution in [0.5, 0.6) is 0 Å². The third kappa shape index (κ3) is 3.22. The number of carbonyl (C=O) groups excluding carboxylic acids is 1. The highest BCUT2D eigenvalue weighted by Crippen LogP contribution is 2.22. The zero-order valence-electron chi connectivity index (χ0n) is 8.53. The summed E-state index contributed by atoms with van der Waals surface area (Å²) < 4.78 is 0. The van der Waals surface area contributed by atoms with Crippen LogP contribution in [-0.4, -0.2) is 17.6 Å². The second-order valence-corrected chi connectivity index (χ2v) is 3.62. The zero-order chi connectivity index (χ0) is 11.3. The fourth-order valence-electron chi connectivity index (χ4n) is 1.18. The number of halogens is 1. The van der Waals surface area contributed by atoms with E-state index in [4.69, 9.17) is 11.6 Å². The van der Waals surface area contributed by atoms with E-state index in [1.165, 1.54) is 0 Å². The molecule has 0 fully saturated rings. The van der Waals surface area contributed by atoms with Crippen LogP contribution in [0.2, 0.25) is 5.02 Å². The molecule has 15 heavy (non-hydrogen) atoms. The van der Waals surface area contributed by atoms with E-state index in [2.05, 4.69) is 5.32 Å². The summed E-state index contributed by atoms with van der Waals surface area (Å²) >= 11 is 5.86. The first kappa shape index (κ1) is 12.0. The molecule has 1 amide bonds. The van der Waals surface area contributed by atoms with Gasteiger partial charge in [0.05, 0.1) is 0 Å². The van der Waals surface area contributed by atoms with E-state index in [0.29, 0.717) is 17.1 Å². The van der Waals surface area contributed by atoms with Gasteiger partial charge in [-0.15, -0.1) is 0 Å². The van der Waals surface area contributed by atoms with Crippen LogP contribution in [-0.2, 0) is 4.79 Å². The Morgan fingerprint density at radius 2 is 2.20 bits per heavy atom. The normalized spacial score (nSPS) is 12.2. The van der Waals surface area contributed by atoms with Gasteiger partial charge >= 0.3 is 0 Å². The molecule has 1 aromatic carbocycles. The fraction of sp³-hybridized carbons (Fsp3) is 0.364. The quantitative estimate of drug-likeness (QED) is 0.826. The SMILES string of the molecule is CCCNC(=O)C(O)c1ccccc1Cl. The van der Waals surface area contributed by atoms with E-state index in [9.17, 15) is 9.90 Å². The Morgan fingerprint density at radius 1 is 1.53 bits per heavy atom. The number of benzene rings is 1. The molecule has 0 saturated carbocycles. The minimum atomic E-state index is -1.19. The Kier molecular flexibility index (Phi) is 4.59. The van der Waals surface area contributed by atoms with Gasteiger partial charge in [-0.2, -0.15) is 0 Å². The molecule has 0 aliphatic heterocycles. The maximum Gasteiger partial charge on any atom is 0.253 e. The molecular formula is C11H14ClNO2. The largest absolute Gasteiger partial charge is 0.378 e. The van der Waals surface area contributed by atoms with Gasteiger partial charge in [0.2, 0.25) is 0 Å². The Morgan fingerprint density at radius 3 is 2.80 bits per heavy atom. The number of nitrogens with one attached hydrogen (secondary N) is 1. The van der Waals surface area contributed by atoms with Gasteiger partial charge in [-0.05, 0) is 12.5 Å². The van der Waals surface area contributed by atoms with Crippen LogP contribution in [0.1, 0.15) is 25.0 Å². The average molecular weight is 228 g/mol. The van der Waals surface area contributed by atoms with E-state index in [1.807, 2.05) is 6.92 Å². The molecule has 0 spiro atoms. The predicted molar refractivity (Wildman–Crippen MR) is 59.7 cm³/mol. The summed E-state index contributed by atoms with van der Waals surface area (Å²) in [5.41, 5.74) is 0.438. The van der Waals surface area contributed by atoms with Gasteiger partial charge in [-0.25, -0.2) is 0 Å². The van der Waals surface area contributed by atoms with Gasteiger partial charge in [0, 0.05) is 17.1 Å². The summed E-state index contributed by atoms with van der Waals surface area (Å²) in [5, 5.41) is 12.7. The van der Waals surface area contributed by atoms with Crippen LogP contribution < -0.4 is 5.32 Å². The van der Waals surface area contributed by atoms with Gasteiger partial charge in [0.15, 0.2) is 6.10 Å². The van der Waals surface area contributed by atoms with Crippen LogP contribution in [0.3, 0.4) is 0 Å². The van der Waals surface area contributed by atoms with Crippen molar-refractivity contribution in [2.75, 3.05) is 6.54 Å². The molecule has 1 rings (SSSR count). The third-order valence-electron chi connectivity index (χ3n) is 2.00. The second-order valence-electron chi connectivity index (χ2n) is 3.22. The minimum Gasteiger partial charge on any atom is -0.378 e. The van der Waals surface area contributed by atoms with Gasteiger partial charge < -0.3 is 10.4 Å². The lowest BCUT2D eigenvalue weighted by atomic mass is 10.1. The molecule has 1 unspecified atom stereocenters. The van der Waals surface area contributed by atoms with Gasteiger partial charge in [0.25, 0.3) is 5.91 Å². The van der Waals surface area contributed by atoms with Crippen molar-refractivity contribution in [3.05, 3.63) is 34.9 Å². The molecule has 3 nitrogen and oxygen atoms in total. The zero-order valence-corrected chi connectivity index (χ0v) is 9.29. The van der Waals surface area contributed by atoms with Crippen LogP contribution in [0, 0.1) is 0 Å². The molecule has 2 N–H and O–H groups in total. The second kappa shape index (κ2) is 5.73. The number of hydrogen-bond donors (Lipinski definition) is 2. The molecule has 0 aromatic heterocycles. The van der Waals surface area contributed by atoms with Crippen LogP contribution >= 0.6 is 11.6 Å². The summed E-state index contributed by atoms with van der Waals surface area (Å²) in [6.07, 6.45) is -0.355. The van der Waals surface area contributed by atoms with E-state index >= 15 is 0 Å². The number of rotatable bonds is 4. The topological polar surface area (TPSA) is 49.3 Å². The van der Waals surface area contributed by atoms with Crippen molar-refractivity contribution in [3.63, 3.8) is 0 Å². The lowest BCUT2D eigenvalue weighted by Gasteiger charge is -2.12. The monoisotopic (exact) mass is 227 g/mol. The number of carbonyl (C=O) groups is 1. The highest BCUT2D eigenvalue weighted by Gasteiger charge is 2.18. The summed E-state index contributed by atoms with van der Waals surface area (Å²) in [7, 11) is 0. The van der Waals surface area contributed by atoms with E-state index < -0.39 is 12.0 Å². The summed E-state index contributed by atoms with van der Waals surface area (Å²) in [4.78, 5) is 11.4. The molecule has 82 valence electrons. The average Bonchev–Trinajstić information content (AvgIpc) is 2.25. The van der Waals surface area contributed by atoms with Crippen molar-refractivity contribution in [3.8, 4) is 0 Å². The van der Waals surface area contributed by atoms with Crippen molar-refractivity contribution in [2.45, 2.75) is 19.4 Å². The maximum atomic E-state index is 11.4. The summed E-state index contributed by atoms with van der Waals surface area (Å²) in [6, 6.07) is 6.77. The Labute approximate surface area is 94.1 Å². The van der Waals surface area contributed by atoms with Crippen LogP contribution in [0.25, 0.3) is 0 Å². The molecule has 1 atom stereocenters. The van der Waals surface area contributed by atoms with Crippen molar-refractivity contribution in [1.29, 1.82) is 0 Å². The predicted octanol–water partition coefficient (Wildman–Crippen LogP) is 1.90. The molecule has 0 aliphatic rings. The number of amides is 1. The lowest BCUT2D eigenvalue weighted by molar-refractivity contribution is -0.129. The van der Waals surface area contributed by atoms with E-state index in [-0.39, 0.29) is 0 Å². The van der Waals surface area contributed by atoms with E-state index in [0.717, 1.165) is 6.42 Å². The molecule has 1 aromatic rings. The van der Waals surface area contributed by atoms with Crippen molar-refractivity contribution >= 4 is 17.5 Å². The molecule has 4 heteroatoms. The summed E-state index contributed by atoms with van der Waals surface area (Å²) in [6.45, 7) is 2.50. The third-order valence-corrected chi connectivity index (χ3v) is 2.34. The smallest absolute Gasteiger partial charge is 0.253 e. The number of aliphatic hydroxyl groups is 1. The van der Waals surface area contributed by atoms with Crippen molar-refractivity contribution in [1.82, 2.24) is 5.32 Å². The Hall–Kier alpha value is -1.06. The molecule has 0 aliphatic carbocycles. The number of aliphatic hydroxyl groups excluding tert-OH is 1. The minimum absolute atomic E-state index is 0.400. The summed E-state index contributed by atoms with van der Waals surface area (Å²) in [5.74, 6) is -0.412.